The summed E-state index contributed by atoms with van der Waals surface area (Å²) in [5.41, 5.74) is 0. The van der Waals surface area contributed by atoms with Crippen LogP contribution in [0.3, 0.4) is 0 Å². The van der Waals surface area contributed by atoms with Gasteiger partial charge < -0.3 is 26.6 Å². The summed E-state index contributed by atoms with van der Waals surface area (Å²) in [6.07, 6.45) is -2.43. The van der Waals surface area contributed by atoms with E-state index in [1.54, 1.807) is 0 Å². The Balaban J connectivity index is -0.000000173. The third kappa shape index (κ3) is 67.6. The summed E-state index contributed by atoms with van der Waals surface area (Å²) in [5, 5.41) is 29.7. The van der Waals surface area contributed by atoms with Crippen molar-refractivity contribution in [2.24, 2.45) is 0 Å². The van der Waals surface area contributed by atoms with E-state index in [0.717, 1.165) is 0 Å². The van der Waals surface area contributed by atoms with Crippen LogP contribution in [-0.2, 0) is 9.59 Å². The minimum Gasteiger partial charge on any atom is -0.481 e. The predicted octanol–water partition coefficient (Wildman–Crippen LogP) is 0.320. The molecular formula is C5H11NO7. The summed E-state index contributed by atoms with van der Waals surface area (Å²) in [4.78, 5) is 27.8. The minimum atomic E-state index is -1.83. The van der Waals surface area contributed by atoms with Crippen LogP contribution in [0.25, 0.3) is 0 Å². The molecule has 0 aliphatic carbocycles. The SMILES string of the molecule is N.O=C(O)CCC(=O)O.O=C(O)O. The molecule has 0 saturated carbocycles. The Morgan fingerprint density at radius 3 is 1.00 bits per heavy atom. The molecular weight excluding hydrogens is 186 g/mol. The number of rotatable bonds is 3. The number of carboxylic acid groups (broad SMARTS) is 4. The molecule has 8 heteroatoms. The largest absolute Gasteiger partial charge is 0.503 e. The quantitative estimate of drug-likeness (QED) is 0.430. The van der Waals surface area contributed by atoms with Gasteiger partial charge in [0.05, 0.1) is 12.8 Å². The van der Waals surface area contributed by atoms with Crippen molar-refractivity contribution in [2.75, 3.05) is 0 Å². The molecule has 0 saturated heterocycles. The van der Waals surface area contributed by atoms with Gasteiger partial charge in [-0.25, -0.2) is 4.79 Å². The topological polar surface area (TPSA) is 167 Å². The lowest BCUT2D eigenvalue weighted by molar-refractivity contribution is -0.143. The summed E-state index contributed by atoms with van der Waals surface area (Å²) in [6, 6.07) is 0. The molecule has 0 fully saturated rings. The molecule has 0 aromatic rings. The second-order valence-electron chi connectivity index (χ2n) is 1.57. The average Bonchev–Trinajstić information content (AvgIpc) is 1.82. The first-order valence-electron chi connectivity index (χ1n) is 2.71. The van der Waals surface area contributed by atoms with E-state index in [4.69, 9.17) is 25.2 Å². The molecule has 0 aliphatic heterocycles. The molecule has 0 unspecified atom stereocenters. The summed E-state index contributed by atoms with van der Waals surface area (Å²) in [6.45, 7) is 0. The highest BCUT2D eigenvalue weighted by Crippen LogP contribution is 1.86. The van der Waals surface area contributed by atoms with E-state index in [1.807, 2.05) is 0 Å². The van der Waals surface area contributed by atoms with Crippen molar-refractivity contribution in [3.63, 3.8) is 0 Å². The fourth-order valence-corrected chi connectivity index (χ4v) is 0.214. The second kappa shape index (κ2) is 10.2. The molecule has 8 nitrogen and oxygen atoms in total. The van der Waals surface area contributed by atoms with Crippen LogP contribution in [0.5, 0.6) is 0 Å². The van der Waals surface area contributed by atoms with Crippen LogP contribution in [0.15, 0.2) is 0 Å². The molecule has 0 aromatic carbocycles. The van der Waals surface area contributed by atoms with Crippen molar-refractivity contribution in [3.05, 3.63) is 0 Å². The maximum atomic E-state index is 9.64. The molecule has 0 heterocycles. The third-order valence-electron chi connectivity index (χ3n) is 0.553. The van der Waals surface area contributed by atoms with Crippen molar-refractivity contribution in [1.82, 2.24) is 6.15 Å². The average molecular weight is 197 g/mol. The monoisotopic (exact) mass is 197 g/mol. The van der Waals surface area contributed by atoms with Gasteiger partial charge in [0, 0.05) is 0 Å². The zero-order valence-corrected chi connectivity index (χ0v) is 6.63. The van der Waals surface area contributed by atoms with Crippen molar-refractivity contribution in [1.29, 1.82) is 0 Å². The van der Waals surface area contributed by atoms with E-state index < -0.39 is 18.1 Å². The number of hydrogen-bond acceptors (Lipinski definition) is 4. The van der Waals surface area contributed by atoms with Gasteiger partial charge in [-0.05, 0) is 0 Å². The van der Waals surface area contributed by atoms with Crippen LogP contribution in [0.1, 0.15) is 12.8 Å². The van der Waals surface area contributed by atoms with Crippen LogP contribution in [0.2, 0.25) is 0 Å². The van der Waals surface area contributed by atoms with Gasteiger partial charge in [-0.1, -0.05) is 0 Å². The van der Waals surface area contributed by atoms with E-state index in [9.17, 15) is 9.59 Å². The lowest BCUT2D eigenvalue weighted by Gasteiger charge is -1.85. The van der Waals surface area contributed by atoms with Gasteiger partial charge in [0.15, 0.2) is 0 Å². The van der Waals surface area contributed by atoms with Crippen LogP contribution >= 0.6 is 0 Å². The fraction of sp³-hybridized carbons (Fsp3) is 0.400. The van der Waals surface area contributed by atoms with Crippen molar-refractivity contribution >= 4 is 18.1 Å². The lowest BCUT2D eigenvalue weighted by Crippen LogP contribution is -2.00. The molecule has 13 heavy (non-hydrogen) atoms. The molecule has 78 valence electrons. The van der Waals surface area contributed by atoms with Crippen LogP contribution in [-0.4, -0.2) is 38.5 Å². The minimum absolute atomic E-state index is 0. The Morgan fingerprint density at radius 1 is 0.769 bits per heavy atom. The van der Waals surface area contributed by atoms with Gasteiger partial charge in [0.1, 0.15) is 0 Å². The number of carboxylic acids is 2. The zero-order chi connectivity index (χ0) is 10.1. The van der Waals surface area contributed by atoms with Crippen molar-refractivity contribution < 1.29 is 34.8 Å². The van der Waals surface area contributed by atoms with E-state index in [2.05, 4.69) is 0 Å². The first kappa shape index (κ1) is 17.3. The van der Waals surface area contributed by atoms with Gasteiger partial charge in [0.25, 0.3) is 0 Å². The van der Waals surface area contributed by atoms with Gasteiger partial charge >= 0.3 is 18.1 Å². The molecule has 0 aromatic heterocycles. The molecule has 7 N–H and O–H groups in total. The van der Waals surface area contributed by atoms with Crippen molar-refractivity contribution in [3.8, 4) is 0 Å². The summed E-state index contributed by atoms with van der Waals surface area (Å²) >= 11 is 0. The lowest BCUT2D eigenvalue weighted by atomic mass is 10.3. The molecule has 0 rings (SSSR count). The molecule has 0 aliphatic rings. The maximum absolute atomic E-state index is 9.64. The summed E-state index contributed by atoms with van der Waals surface area (Å²) in [7, 11) is 0. The van der Waals surface area contributed by atoms with Crippen molar-refractivity contribution in [2.45, 2.75) is 12.8 Å². The van der Waals surface area contributed by atoms with Crippen LogP contribution in [0.4, 0.5) is 4.79 Å². The van der Waals surface area contributed by atoms with Gasteiger partial charge in [0.2, 0.25) is 0 Å². The van der Waals surface area contributed by atoms with E-state index in [1.165, 1.54) is 0 Å². The number of aliphatic carboxylic acids is 2. The molecule has 0 spiro atoms. The van der Waals surface area contributed by atoms with Gasteiger partial charge in [-0.2, -0.15) is 0 Å². The normalized spacial score (nSPS) is 7.08. The predicted molar refractivity (Wildman–Crippen MR) is 40.2 cm³/mol. The molecule has 0 bridgehead atoms. The summed E-state index contributed by atoms with van der Waals surface area (Å²) < 4.78 is 0. The van der Waals surface area contributed by atoms with Crippen LogP contribution < -0.4 is 6.15 Å². The highest BCUT2D eigenvalue weighted by atomic mass is 16.6. The van der Waals surface area contributed by atoms with E-state index in [0.29, 0.717) is 0 Å². The first-order valence-corrected chi connectivity index (χ1v) is 2.71. The Kier molecular flexibility index (Phi) is 13.5. The maximum Gasteiger partial charge on any atom is 0.503 e. The van der Waals surface area contributed by atoms with E-state index >= 15 is 0 Å². The smallest absolute Gasteiger partial charge is 0.481 e. The zero-order valence-electron chi connectivity index (χ0n) is 6.63. The molecule has 0 amide bonds. The highest BCUT2D eigenvalue weighted by Gasteiger charge is 2.00. The second-order valence-corrected chi connectivity index (χ2v) is 1.57. The molecule has 0 atom stereocenters. The fourth-order valence-electron chi connectivity index (χ4n) is 0.214. The van der Waals surface area contributed by atoms with Gasteiger partial charge in [-0.15, -0.1) is 0 Å². The Morgan fingerprint density at radius 2 is 0.923 bits per heavy atom. The summed E-state index contributed by atoms with van der Waals surface area (Å²) in [5.74, 6) is -2.15. The van der Waals surface area contributed by atoms with E-state index in [-0.39, 0.29) is 19.0 Å². The van der Waals surface area contributed by atoms with Crippen LogP contribution in [0, 0.1) is 0 Å². The standard InChI is InChI=1S/C4H6O4.CH2O3.H3N/c5-3(6)1-2-4(7)8;2-1(3)4;/h1-2H2,(H,5,6)(H,7,8);(H2,2,3,4);1H3. The Hall–Kier alpha value is -1.83. The molecule has 0 radical (unpaired) electrons. The Bertz CT molecular complexity index is 160. The third-order valence-corrected chi connectivity index (χ3v) is 0.553. The first-order chi connectivity index (χ1) is 5.36. The number of carbonyl (C=O) groups is 3. The highest BCUT2D eigenvalue weighted by molar-refractivity contribution is 5.75. The van der Waals surface area contributed by atoms with Gasteiger partial charge in [-0.3, -0.25) is 9.59 Å². The number of hydrogen-bond donors (Lipinski definition) is 5. The Labute approximate surface area is 73.0 Å².